The van der Waals surface area contributed by atoms with E-state index in [4.69, 9.17) is 0 Å². The molecule has 0 saturated carbocycles. The molecule has 0 aliphatic rings. The van der Waals surface area contributed by atoms with E-state index < -0.39 is 11.7 Å². The fraction of sp³-hybridized carbons (Fsp3) is 0.0714. The smallest absolute Gasteiger partial charge is 0.165 e. The van der Waals surface area contributed by atoms with E-state index in [1.165, 1.54) is 6.07 Å². The quantitative estimate of drug-likeness (QED) is 0.634. The number of rotatable bonds is 1. The van der Waals surface area contributed by atoms with Crippen molar-refractivity contribution in [3.05, 3.63) is 60.3 Å². The Labute approximate surface area is 96.7 Å². The number of halogens is 3. The highest BCUT2D eigenvalue weighted by atomic mass is 19.4. The van der Waals surface area contributed by atoms with Crippen LogP contribution in [0.1, 0.15) is 5.56 Å². The predicted molar refractivity (Wildman–Crippen MR) is 62.6 cm³/mol. The Kier molecular flexibility index (Phi) is 2.78. The topological polar surface area (TPSA) is 0 Å². The minimum Gasteiger partial charge on any atom is -0.165 e. The summed E-state index contributed by atoms with van der Waals surface area (Å²) in [5.41, 5.74) is 1.28. The van der Waals surface area contributed by atoms with Crippen molar-refractivity contribution in [1.82, 2.24) is 0 Å². The minimum absolute atomic E-state index is 0.116. The van der Waals surface area contributed by atoms with Gasteiger partial charge >= 0.3 is 6.18 Å². The van der Waals surface area contributed by atoms with E-state index in [-0.39, 0.29) is 5.56 Å². The maximum absolute atomic E-state index is 12.8. The summed E-state index contributed by atoms with van der Waals surface area (Å²) in [5.74, 6) is 0. The maximum atomic E-state index is 12.8. The summed E-state index contributed by atoms with van der Waals surface area (Å²) in [6.45, 7) is 3.13. The van der Waals surface area contributed by atoms with Crippen LogP contribution in [0, 0.1) is 0 Å². The summed E-state index contributed by atoms with van der Waals surface area (Å²) >= 11 is 0. The third-order valence-corrected chi connectivity index (χ3v) is 2.52. The highest BCUT2D eigenvalue weighted by Crippen LogP contribution is 2.36. The number of alkyl halides is 3. The Morgan fingerprint density at radius 1 is 1.00 bits per heavy atom. The third kappa shape index (κ3) is 2.10. The lowest BCUT2D eigenvalue weighted by Gasteiger charge is -2.11. The molecule has 3 heteroatoms. The van der Waals surface area contributed by atoms with Crippen LogP contribution in [0.5, 0.6) is 0 Å². The SMILES string of the molecule is C=C=C(c1cccc2ccccc12)C(F)(F)F. The molecule has 0 aromatic heterocycles. The molecule has 0 unspecified atom stereocenters. The van der Waals surface area contributed by atoms with Gasteiger partial charge in [0, 0.05) is 5.56 Å². The number of allylic oxidation sites excluding steroid dienone is 1. The maximum Gasteiger partial charge on any atom is 0.424 e. The molecule has 0 saturated heterocycles. The zero-order valence-electron chi connectivity index (χ0n) is 8.88. The van der Waals surface area contributed by atoms with Gasteiger partial charge in [-0.05, 0) is 10.8 Å². The number of hydrogen-bond acceptors (Lipinski definition) is 0. The Morgan fingerprint density at radius 2 is 1.65 bits per heavy atom. The number of fused-ring (bicyclic) bond motifs is 1. The Morgan fingerprint density at radius 3 is 2.29 bits per heavy atom. The average molecular weight is 234 g/mol. The zero-order chi connectivity index (χ0) is 12.5. The van der Waals surface area contributed by atoms with Crippen molar-refractivity contribution in [2.24, 2.45) is 0 Å². The van der Waals surface area contributed by atoms with Gasteiger partial charge in [-0.25, -0.2) is 0 Å². The normalized spacial score (nSPS) is 11.2. The van der Waals surface area contributed by atoms with Gasteiger partial charge in [0.05, 0.1) is 0 Å². The van der Waals surface area contributed by atoms with Gasteiger partial charge < -0.3 is 0 Å². The summed E-state index contributed by atoms with van der Waals surface area (Å²) in [4.78, 5) is 0. The van der Waals surface area contributed by atoms with Gasteiger partial charge in [0.15, 0.2) is 0 Å². The lowest BCUT2D eigenvalue weighted by molar-refractivity contribution is -0.0686. The van der Waals surface area contributed by atoms with E-state index in [9.17, 15) is 13.2 Å². The second-order valence-electron chi connectivity index (χ2n) is 3.58. The van der Waals surface area contributed by atoms with Crippen molar-refractivity contribution in [3.63, 3.8) is 0 Å². The molecule has 2 rings (SSSR count). The molecular formula is C14H9F3. The van der Waals surface area contributed by atoms with E-state index in [0.717, 1.165) is 5.39 Å². The van der Waals surface area contributed by atoms with Crippen molar-refractivity contribution in [3.8, 4) is 0 Å². The molecule has 0 N–H and O–H groups in total. The molecule has 17 heavy (non-hydrogen) atoms. The van der Waals surface area contributed by atoms with Crippen molar-refractivity contribution in [1.29, 1.82) is 0 Å². The fourth-order valence-corrected chi connectivity index (χ4v) is 1.79. The largest absolute Gasteiger partial charge is 0.424 e. The monoisotopic (exact) mass is 234 g/mol. The molecule has 0 radical (unpaired) electrons. The molecule has 0 fully saturated rings. The van der Waals surface area contributed by atoms with Crippen LogP contribution in [0.3, 0.4) is 0 Å². The van der Waals surface area contributed by atoms with Gasteiger partial charge in [0.25, 0.3) is 0 Å². The molecule has 0 aliphatic carbocycles. The molecule has 0 bridgehead atoms. The highest BCUT2D eigenvalue weighted by molar-refractivity contribution is 5.94. The van der Waals surface area contributed by atoms with Gasteiger partial charge in [0.1, 0.15) is 5.57 Å². The van der Waals surface area contributed by atoms with Gasteiger partial charge in [0.2, 0.25) is 0 Å². The summed E-state index contributed by atoms with van der Waals surface area (Å²) in [6, 6.07) is 11.7. The van der Waals surface area contributed by atoms with Crippen LogP contribution in [0.15, 0.2) is 54.8 Å². The second-order valence-corrected chi connectivity index (χ2v) is 3.58. The van der Waals surface area contributed by atoms with Crippen molar-refractivity contribution >= 4 is 16.3 Å². The second kappa shape index (κ2) is 4.11. The van der Waals surface area contributed by atoms with E-state index in [0.29, 0.717) is 5.39 Å². The summed E-state index contributed by atoms with van der Waals surface area (Å²) in [5, 5.41) is 1.32. The molecule has 0 atom stereocenters. The molecule has 0 nitrogen and oxygen atoms in total. The lowest BCUT2D eigenvalue weighted by Crippen LogP contribution is -2.10. The molecule has 0 aliphatic heterocycles. The Hall–Kier alpha value is -1.99. The Bertz CT molecular complexity index is 597. The average Bonchev–Trinajstić information content (AvgIpc) is 2.28. The first kappa shape index (κ1) is 11.5. The van der Waals surface area contributed by atoms with Crippen LogP contribution in [0.25, 0.3) is 16.3 Å². The van der Waals surface area contributed by atoms with E-state index in [2.05, 4.69) is 6.58 Å². The molecule has 0 heterocycles. The van der Waals surface area contributed by atoms with Crippen LogP contribution in [0.2, 0.25) is 0 Å². The van der Waals surface area contributed by atoms with Crippen LogP contribution < -0.4 is 0 Å². The Balaban J connectivity index is 2.76. The van der Waals surface area contributed by atoms with Gasteiger partial charge in [-0.15, -0.1) is 5.73 Å². The summed E-state index contributed by atoms with van der Waals surface area (Å²) in [7, 11) is 0. The van der Waals surface area contributed by atoms with Crippen molar-refractivity contribution < 1.29 is 13.2 Å². The fourth-order valence-electron chi connectivity index (χ4n) is 1.79. The number of benzene rings is 2. The molecule has 0 amide bonds. The van der Waals surface area contributed by atoms with E-state index in [1.54, 1.807) is 36.4 Å². The van der Waals surface area contributed by atoms with E-state index >= 15 is 0 Å². The minimum atomic E-state index is -4.44. The van der Waals surface area contributed by atoms with Crippen LogP contribution in [-0.4, -0.2) is 6.18 Å². The number of hydrogen-bond donors (Lipinski definition) is 0. The van der Waals surface area contributed by atoms with Crippen LogP contribution in [0.4, 0.5) is 13.2 Å². The van der Waals surface area contributed by atoms with E-state index in [1.807, 2.05) is 5.73 Å². The summed E-state index contributed by atoms with van der Waals surface area (Å²) in [6.07, 6.45) is -4.44. The zero-order valence-corrected chi connectivity index (χ0v) is 8.88. The van der Waals surface area contributed by atoms with Crippen LogP contribution >= 0.6 is 0 Å². The summed E-state index contributed by atoms with van der Waals surface area (Å²) < 4.78 is 38.4. The predicted octanol–water partition coefficient (Wildman–Crippen LogP) is 4.57. The molecule has 2 aromatic rings. The first-order chi connectivity index (χ1) is 8.04. The van der Waals surface area contributed by atoms with Crippen LogP contribution in [-0.2, 0) is 0 Å². The van der Waals surface area contributed by atoms with Crippen molar-refractivity contribution in [2.75, 3.05) is 0 Å². The molecular weight excluding hydrogens is 225 g/mol. The lowest BCUT2D eigenvalue weighted by atomic mass is 9.98. The van der Waals surface area contributed by atoms with Gasteiger partial charge in [-0.3, -0.25) is 0 Å². The first-order valence-electron chi connectivity index (χ1n) is 4.99. The van der Waals surface area contributed by atoms with Crippen molar-refractivity contribution in [2.45, 2.75) is 6.18 Å². The standard InChI is InChI=1S/C14H9F3/c1-2-13(14(15,16)17)12-9-5-7-10-6-3-4-8-11(10)12/h3-9H,1H2. The molecule has 2 aromatic carbocycles. The van der Waals surface area contributed by atoms with Gasteiger partial charge in [-0.1, -0.05) is 49.0 Å². The first-order valence-corrected chi connectivity index (χ1v) is 4.99. The molecule has 0 spiro atoms. The van der Waals surface area contributed by atoms with Gasteiger partial charge in [-0.2, -0.15) is 13.2 Å². The third-order valence-electron chi connectivity index (χ3n) is 2.52. The molecule has 86 valence electrons. The highest BCUT2D eigenvalue weighted by Gasteiger charge is 2.35.